The number of hydrogen-bond donors (Lipinski definition) is 2. The molecule has 0 atom stereocenters. The van der Waals surface area contributed by atoms with Crippen LogP contribution in [0.25, 0.3) is 0 Å². The minimum absolute atomic E-state index is 0.0272. The quantitative estimate of drug-likeness (QED) is 0.605. The summed E-state index contributed by atoms with van der Waals surface area (Å²) in [5.41, 5.74) is 6.16. The molecule has 0 saturated carbocycles. The van der Waals surface area contributed by atoms with Crippen molar-refractivity contribution < 1.29 is 23.5 Å². The lowest BCUT2D eigenvalue weighted by Crippen LogP contribution is -2.21. The van der Waals surface area contributed by atoms with E-state index in [1.54, 1.807) is 0 Å². The van der Waals surface area contributed by atoms with Gasteiger partial charge in [-0.25, -0.2) is 9.18 Å². The van der Waals surface area contributed by atoms with Gasteiger partial charge in [0, 0.05) is 11.8 Å². The number of benzene rings is 2. The third-order valence-corrected chi connectivity index (χ3v) is 3.69. The number of hydrogen-bond acceptors (Lipinski definition) is 5. The molecule has 0 heterocycles. The molecule has 0 aromatic heterocycles. The molecule has 25 heavy (non-hydrogen) atoms. The number of carbonyl (C=O) groups excluding carboxylic acids is 2. The predicted octanol–water partition coefficient (Wildman–Crippen LogP) is 3.52. The van der Waals surface area contributed by atoms with E-state index in [4.69, 9.17) is 38.4 Å². The molecule has 9 heteroatoms. The molecule has 2 aromatic rings. The van der Waals surface area contributed by atoms with Gasteiger partial charge < -0.3 is 20.5 Å². The van der Waals surface area contributed by atoms with Gasteiger partial charge in [0.25, 0.3) is 5.91 Å². The molecule has 2 aromatic carbocycles. The number of rotatable bonds is 5. The van der Waals surface area contributed by atoms with Gasteiger partial charge in [0.15, 0.2) is 6.61 Å². The van der Waals surface area contributed by atoms with Crippen LogP contribution in [-0.2, 0) is 9.53 Å². The fourth-order valence-corrected chi connectivity index (χ4v) is 2.22. The summed E-state index contributed by atoms with van der Waals surface area (Å²) < 4.78 is 23.0. The van der Waals surface area contributed by atoms with Crippen molar-refractivity contribution in [3.05, 3.63) is 51.8 Å². The van der Waals surface area contributed by atoms with E-state index in [9.17, 15) is 14.0 Å². The number of amides is 1. The summed E-state index contributed by atoms with van der Waals surface area (Å²) in [6.45, 7) is -0.570. The first-order valence-corrected chi connectivity index (χ1v) is 7.62. The topological polar surface area (TPSA) is 90.7 Å². The Morgan fingerprint density at radius 3 is 2.56 bits per heavy atom. The van der Waals surface area contributed by atoms with Crippen molar-refractivity contribution >= 4 is 46.5 Å². The minimum Gasteiger partial charge on any atom is -0.496 e. The number of esters is 1. The van der Waals surface area contributed by atoms with Crippen molar-refractivity contribution in [1.29, 1.82) is 0 Å². The second kappa shape index (κ2) is 8.04. The molecular formula is C16H13Cl2FN2O4. The lowest BCUT2D eigenvalue weighted by atomic mass is 10.2. The Hall–Kier alpha value is -2.51. The van der Waals surface area contributed by atoms with E-state index in [-0.39, 0.29) is 32.7 Å². The summed E-state index contributed by atoms with van der Waals surface area (Å²) in [4.78, 5) is 23.9. The van der Waals surface area contributed by atoms with E-state index in [2.05, 4.69) is 5.32 Å². The Bertz CT molecular complexity index is 830. The van der Waals surface area contributed by atoms with Crippen LogP contribution in [0.2, 0.25) is 10.0 Å². The molecule has 3 N–H and O–H groups in total. The standard InChI is InChI=1S/C16H13Cl2FN2O4/c1-24-14-6-13(20)11(18)5-9(14)16(23)25-7-15(22)21-8-2-3-12(19)10(17)4-8/h2-6H,7,20H2,1H3,(H,21,22). The summed E-state index contributed by atoms with van der Waals surface area (Å²) in [7, 11) is 1.35. The Balaban J connectivity index is 2.01. The molecule has 0 unspecified atom stereocenters. The van der Waals surface area contributed by atoms with E-state index < -0.39 is 24.3 Å². The van der Waals surface area contributed by atoms with Crippen molar-refractivity contribution in [3.63, 3.8) is 0 Å². The first kappa shape index (κ1) is 18.8. The van der Waals surface area contributed by atoms with E-state index in [0.717, 1.165) is 6.07 Å². The molecule has 0 saturated heterocycles. The lowest BCUT2D eigenvalue weighted by Gasteiger charge is -2.11. The Morgan fingerprint density at radius 1 is 1.20 bits per heavy atom. The third-order valence-electron chi connectivity index (χ3n) is 3.08. The predicted molar refractivity (Wildman–Crippen MR) is 92.7 cm³/mol. The monoisotopic (exact) mass is 386 g/mol. The smallest absolute Gasteiger partial charge is 0.342 e. The molecule has 0 aliphatic rings. The second-order valence-corrected chi connectivity index (χ2v) is 5.64. The number of anilines is 2. The van der Waals surface area contributed by atoms with E-state index in [1.165, 1.54) is 31.4 Å². The van der Waals surface area contributed by atoms with Gasteiger partial charge in [-0.15, -0.1) is 0 Å². The van der Waals surface area contributed by atoms with Crippen LogP contribution >= 0.6 is 23.2 Å². The van der Waals surface area contributed by atoms with Crippen LogP contribution in [0.4, 0.5) is 15.8 Å². The molecular weight excluding hydrogens is 374 g/mol. The number of nitrogen functional groups attached to an aromatic ring is 1. The van der Waals surface area contributed by atoms with Gasteiger partial charge in [0.2, 0.25) is 0 Å². The molecule has 6 nitrogen and oxygen atoms in total. The molecule has 0 radical (unpaired) electrons. The van der Waals surface area contributed by atoms with Crippen LogP contribution in [0.3, 0.4) is 0 Å². The first-order valence-electron chi connectivity index (χ1n) is 6.87. The van der Waals surface area contributed by atoms with Crippen molar-refractivity contribution in [1.82, 2.24) is 0 Å². The van der Waals surface area contributed by atoms with Crippen molar-refractivity contribution in [2.75, 3.05) is 24.8 Å². The maximum Gasteiger partial charge on any atom is 0.342 e. The van der Waals surface area contributed by atoms with Crippen LogP contribution in [0.1, 0.15) is 10.4 Å². The van der Waals surface area contributed by atoms with Gasteiger partial charge in [-0.1, -0.05) is 23.2 Å². The largest absolute Gasteiger partial charge is 0.496 e. The van der Waals surface area contributed by atoms with Gasteiger partial charge >= 0.3 is 5.97 Å². The summed E-state index contributed by atoms with van der Waals surface area (Å²) in [6.07, 6.45) is 0. The van der Waals surface area contributed by atoms with Crippen LogP contribution in [0.5, 0.6) is 5.75 Å². The fourth-order valence-electron chi connectivity index (χ4n) is 1.88. The number of methoxy groups -OCH3 is 1. The summed E-state index contributed by atoms with van der Waals surface area (Å²) in [5, 5.41) is 2.43. The number of carbonyl (C=O) groups is 2. The highest BCUT2D eigenvalue weighted by Gasteiger charge is 2.18. The third kappa shape index (κ3) is 4.74. The van der Waals surface area contributed by atoms with Gasteiger partial charge in [0.1, 0.15) is 17.1 Å². The van der Waals surface area contributed by atoms with Crippen molar-refractivity contribution in [2.45, 2.75) is 0 Å². The van der Waals surface area contributed by atoms with Gasteiger partial charge in [-0.3, -0.25) is 4.79 Å². The van der Waals surface area contributed by atoms with E-state index in [1.807, 2.05) is 0 Å². The molecule has 1 amide bonds. The van der Waals surface area contributed by atoms with Gasteiger partial charge in [-0.05, 0) is 24.3 Å². The second-order valence-electron chi connectivity index (χ2n) is 4.83. The molecule has 0 aliphatic carbocycles. The molecule has 0 bridgehead atoms. The first-order chi connectivity index (χ1) is 11.8. The lowest BCUT2D eigenvalue weighted by molar-refractivity contribution is -0.119. The highest BCUT2D eigenvalue weighted by atomic mass is 35.5. The summed E-state index contributed by atoms with van der Waals surface area (Å²) in [5.74, 6) is -1.89. The van der Waals surface area contributed by atoms with Crippen molar-refractivity contribution in [2.24, 2.45) is 0 Å². The number of ether oxygens (including phenoxy) is 2. The highest BCUT2D eigenvalue weighted by molar-refractivity contribution is 6.33. The maximum absolute atomic E-state index is 13.1. The number of nitrogens with one attached hydrogen (secondary N) is 1. The highest BCUT2D eigenvalue weighted by Crippen LogP contribution is 2.29. The van der Waals surface area contributed by atoms with E-state index in [0.29, 0.717) is 0 Å². The van der Waals surface area contributed by atoms with Crippen LogP contribution < -0.4 is 15.8 Å². The molecule has 0 aliphatic heterocycles. The van der Waals surface area contributed by atoms with Crippen LogP contribution in [0.15, 0.2) is 30.3 Å². The average Bonchev–Trinajstić information content (AvgIpc) is 2.58. The Morgan fingerprint density at radius 2 is 1.92 bits per heavy atom. The van der Waals surface area contributed by atoms with Gasteiger partial charge in [-0.2, -0.15) is 0 Å². The van der Waals surface area contributed by atoms with Crippen LogP contribution in [0, 0.1) is 5.82 Å². The SMILES string of the molecule is COc1cc(N)c(Cl)cc1C(=O)OCC(=O)Nc1ccc(F)c(Cl)c1. The molecule has 2 rings (SSSR count). The zero-order valence-electron chi connectivity index (χ0n) is 12.9. The maximum atomic E-state index is 13.1. The Kier molecular flexibility index (Phi) is 6.06. The summed E-state index contributed by atoms with van der Waals surface area (Å²) >= 11 is 11.5. The average molecular weight is 387 g/mol. The zero-order valence-corrected chi connectivity index (χ0v) is 14.4. The molecule has 132 valence electrons. The van der Waals surface area contributed by atoms with Crippen molar-refractivity contribution in [3.8, 4) is 5.75 Å². The number of nitrogens with two attached hydrogens (primary N) is 1. The molecule has 0 spiro atoms. The number of halogens is 3. The normalized spacial score (nSPS) is 10.2. The van der Waals surface area contributed by atoms with Gasteiger partial charge in [0.05, 0.1) is 22.8 Å². The minimum atomic E-state index is -0.814. The zero-order chi connectivity index (χ0) is 18.6. The molecule has 0 fully saturated rings. The summed E-state index contributed by atoms with van der Waals surface area (Å²) in [6, 6.07) is 6.32. The van der Waals surface area contributed by atoms with E-state index >= 15 is 0 Å². The fraction of sp³-hybridized carbons (Fsp3) is 0.125. The Labute approximate surface area is 152 Å². The van der Waals surface area contributed by atoms with Crippen LogP contribution in [-0.4, -0.2) is 25.6 Å².